The first-order valence-electron chi connectivity index (χ1n) is 10.7. The standard InChI is InChI=1S/C25H23FN4O4/c1-2-30-15-22(23(29-30)25(32)27-14-21-4-3-13-33-21)28-24(31)18-7-5-17(6-8-18)16-34-20-11-9-19(26)10-12-20/h3-13,15H,2,14,16H2,1H3,(H,27,32)(H,28,31). The van der Waals surface area contributed by atoms with E-state index >= 15 is 0 Å². The highest BCUT2D eigenvalue weighted by atomic mass is 19.1. The van der Waals surface area contributed by atoms with Gasteiger partial charge in [-0.25, -0.2) is 4.39 Å². The van der Waals surface area contributed by atoms with Crippen LogP contribution in [0.1, 0.15) is 39.1 Å². The first-order valence-corrected chi connectivity index (χ1v) is 10.7. The van der Waals surface area contributed by atoms with Crippen LogP contribution in [0.3, 0.4) is 0 Å². The highest BCUT2D eigenvalue weighted by molar-refractivity contribution is 6.08. The monoisotopic (exact) mass is 462 g/mol. The normalized spacial score (nSPS) is 10.6. The lowest BCUT2D eigenvalue weighted by Crippen LogP contribution is -2.25. The molecule has 4 aromatic rings. The van der Waals surface area contributed by atoms with Crippen molar-refractivity contribution in [1.82, 2.24) is 15.1 Å². The molecule has 2 amide bonds. The average Bonchev–Trinajstić information content (AvgIpc) is 3.52. The van der Waals surface area contributed by atoms with Gasteiger partial charge in [0.25, 0.3) is 11.8 Å². The number of carbonyl (C=O) groups is 2. The topological polar surface area (TPSA) is 98.4 Å². The summed E-state index contributed by atoms with van der Waals surface area (Å²) in [6.45, 7) is 2.91. The number of hydrogen-bond acceptors (Lipinski definition) is 5. The molecule has 2 aromatic heterocycles. The Hall–Kier alpha value is -4.40. The van der Waals surface area contributed by atoms with Crippen LogP contribution in [0.15, 0.2) is 77.5 Å². The Kier molecular flexibility index (Phi) is 7.02. The number of aromatic nitrogens is 2. The molecular weight excluding hydrogens is 439 g/mol. The number of hydrogen-bond donors (Lipinski definition) is 2. The number of rotatable bonds is 9. The smallest absolute Gasteiger partial charge is 0.274 e. The van der Waals surface area contributed by atoms with Gasteiger partial charge < -0.3 is 19.8 Å². The minimum absolute atomic E-state index is 0.117. The van der Waals surface area contributed by atoms with Crippen molar-refractivity contribution in [3.8, 4) is 5.75 Å². The molecule has 8 nitrogen and oxygen atoms in total. The fourth-order valence-electron chi connectivity index (χ4n) is 3.15. The van der Waals surface area contributed by atoms with Crippen molar-refractivity contribution in [3.63, 3.8) is 0 Å². The molecule has 0 saturated heterocycles. The maximum absolute atomic E-state index is 13.0. The molecule has 2 N–H and O–H groups in total. The Morgan fingerprint density at radius 3 is 2.50 bits per heavy atom. The zero-order valence-corrected chi connectivity index (χ0v) is 18.5. The average molecular weight is 462 g/mol. The lowest BCUT2D eigenvalue weighted by Gasteiger charge is -2.08. The first kappa shape index (κ1) is 22.8. The molecule has 0 fully saturated rings. The molecule has 0 unspecified atom stereocenters. The van der Waals surface area contributed by atoms with Crippen molar-refractivity contribution in [3.05, 3.63) is 102 Å². The number of anilines is 1. The Morgan fingerprint density at radius 2 is 1.82 bits per heavy atom. The van der Waals surface area contributed by atoms with Crippen LogP contribution in [0.5, 0.6) is 5.75 Å². The van der Waals surface area contributed by atoms with Crippen molar-refractivity contribution in [2.45, 2.75) is 26.6 Å². The SMILES string of the molecule is CCn1cc(NC(=O)c2ccc(COc3ccc(F)cc3)cc2)c(C(=O)NCc2ccco2)n1. The van der Waals surface area contributed by atoms with Gasteiger partial charge in [-0.1, -0.05) is 12.1 Å². The van der Waals surface area contributed by atoms with Crippen molar-refractivity contribution in [2.75, 3.05) is 5.32 Å². The van der Waals surface area contributed by atoms with E-state index in [-0.39, 0.29) is 30.6 Å². The molecule has 174 valence electrons. The molecule has 0 aliphatic heterocycles. The molecule has 0 spiro atoms. The summed E-state index contributed by atoms with van der Waals surface area (Å²) in [7, 11) is 0. The van der Waals surface area contributed by atoms with Gasteiger partial charge in [0, 0.05) is 18.3 Å². The van der Waals surface area contributed by atoms with Crippen molar-refractivity contribution in [2.24, 2.45) is 0 Å². The highest BCUT2D eigenvalue weighted by Gasteiger charge is 2.19. The molecule has 0 aliphatic rings. The summed E-state index contributed by atoms with van der Waals surface area (Å²) >= 11 is 0. The Morgan fingerprint density at radius 1 is 1.06 bits per heavy atom. The summed E-state index contributed by atoms with van der Waals surface area (Å²) in [5.74, 6) is 0.0330. The summed E-state index contributed by atoms with van der Waals surface area (Å²) in [5.41, 5.74) is 1.69. The van der Waals surface area contributed by atoms with E-state index in [0.29, 0.717) is 29.3 Å². The second-order valence-electron chi connectivity index (χ2n) is 7.40. The maximum atomic E-state index is 13.0. The van der Waals surface area contributed by atoms with Crippen LogP contribution in [0, 0.1) is 5.82 Å². The third kappa shape index (κ3) is 5.69. The zero-order chi connectivity index (χ0) is 23.9. The van der Waals surface area contributed by atoms with Gasteiger partial charge in [-0.05, 0) is 61.0 Å². The molecular formula is C25H23FN4O4. The number of benzene rings is 2. The predicted molar refractivity (Wildman–Crippen MR) is 123 cm³/mol. The second kappa shape index (κ2) is 10.5. The summed E-state index contributed by atoms with van der Waals surface area (Å²) in [6.07, 6.45) is 3.14. The quantitative estimate of drug-likeness (QED) is 0.384. The minimum atomic E-state index is -0.424. The largest absolute Gasteiger partial charge is 0.489 e. The van der Waals surface area contributed by atoms with Gasteiger partial charge in [-0.3, -0.25) is 14.3 Å². The van der Waals surface area contributed by atoms with E-state index in [0.717, 1.165) is 5.56 Å². The molecule has 2 heterocycles. The van der Waals surface area contributed by atoms with Gasteiger partial charge >= 0.3 is 0 Å². The molecule has 2 aromatic carbocycles. The summed E-state index contributed by atoms with van der Waals surface area (Å²) in [4.78, 5) is 25.4. The molecule has 0 bridgehead atoms. The van der Waals surface area contributed by atoms with Gasteiger partial charge in [0.2, 0.25) is 0 Å². The third-order valence-electron chi connectivity index (χ3n) is 4.99. The van der Waals surface area contributed by atoms with Crippen LogP contribution in [0.2, 0.25) is 0 Å². The third-order valence-corrected chi connectivity index (χ3v) is 4.99. The van der Waals surface area contributed by atoms with E-state index in [2.05, 4.69) is 15.7 Å². The molecule has 4 rings (SSSR count). The number of aryl methyl sites for hydroxylation is 1. The van der Waals surface area contributed by atoms with Gasteiger partial charge in [0.1, 0.15) is 23.9 Å². The van der Waals surface area contributed by atoms with Gasteiger partial charge in [-0.2, -0.15) is 5.10 Å². The fraction of sp³-hybridized carbons (Fsp3) is 0.160. The maximum Gasteiger partial charge on any atom is 0.274 e. The zero-order valence-electron chi connectivity index (χ0n) is 18.5. The number of ether oxygens (including phenoxy) is 1. The first-order chi connectivity index (χ1) is 16.5. The molecule has 9 heteroatoms. The van der Waals surface area contributed by atoms with E-state index in [1.165, 1.54) is 18.4 Å². The molecule has 0 saturated carbocycles. The van der Waals surface area contributed by atoms with E-state index in [9.17, 15) is 14.0 Å². The number of carbonyl (C=O) groups excluding carboxylic acids is 2. The van der Waals surface area contributed by atoms with Gasteiger partial charge in [-0.15, -0.1) is 0 Å². The Labute approximate surface area is 195 Å². The lowest BCUT2D eigenvalue weighted by atomic mass is 10.1. The summed E-state index contributed by atoms with van der Waals surface area (Å²) in [6, 6.07) is 16.1. The van der Waals surface area contributed by atoms with E-state index in [1.54, 1.807) is 59.4 Å². The summed E-state index contributed by atoms with van der Waals surface area (Å²) in [5, 5.41) is 9.77. The molecule has 0 aliphatic carbocycles. The number of halogens is 1. The molecule has 34 heavy (non-hydrogen) atoms. The van der Waals surface area contributed by atoms with Gasteiger partial charge in [0.15, 0.2) is 5.69 Å². The second-order valence-corrected chi connectivity index (χ2v) is 7.40. The lowest BCUT2D eigenvalue weighted by molar-refractivity contribution is 0.0943. The van der Waals surface area contributed by atoms with Gasteiger partial charge in [0.05, 0.1) is 18.5 Å². The van der Waals surface area contributed by atoms with Crippen molar-refractivity contribution < 1.29 is 23.1 Å². The van der Waals surface area contributed by atoms with Crippen LogP contribution >= 0.6 is 0 Å². The number of nitrogens with one attached hydrogen (secondary N) is 2. The van der Waals surface area contributed by atoms with Crippen molar-refractivity contribution in [1.29, 1.82) is 0 Å². The van der Waals surface area contributed by atoms with E-state index in [1.807, 2.05) is 6.92 Å². The van der Waals surface area contributed by atoms with E-state index < -0.39 is 5.91 Å². The fourth-order valence-corrected chi connectivity index (χ4v) is 3.15. The highest BCUT2D eigenvalue weighted by Crippen LogP contribution is 2.17. The molecule has 0 atom stereocenters. The van der Waals surface area contributed by atoms with Crippen LogP contribution in [-0.4, -0.2) is 21.6 Å². The summed E-state index contributed by atoms with van der Waals surface area (Å²) < 4.78 is 25.4. The molecule has 0 radical (unpaired) electrons. The van der Waals surface area contributed by atoms with Crippen LogP contribution in [-0.2, 0) is 19.7 Å². The van der Waals surface area contributed by atoms with Crippen LogP contribution < -0.4 is 15.4 Å². The minimum Gasteiger partial charge on any atom is -0.489 e. The van der Waals surface area contributed by atoms with Crippen molar-refractivity contribution >= 4 is 17.5 Å². The number of furan rings is 1. The van der Waals surface area contributed by atoms with Crippen LogP contribution in [0.25, 0.3) is 0 Å². The Balaban J connectivity index is 1.39. The van der Waals surface area contributed by atoms with E-state index in [4.69, 9.17) is 9.15 Å². The number of nitrogens with zero attached hydrogens (tertiary/aromatic N) is 2. The predicted octanol–water partition coefficient (Wildman–Crippen LogP) is 4.40. The Bertz CT molecular complexity index is 1250. The van der Waals surface area contributed by atoms with Crippen LogP contribution in [0.4, 0.5) is 10.1 Å². The number of amides is 2.